The summed E-state index contributed by atoms with van der Waals surface area (Å²) >= 11 is 1.90. The number of rotatable bonds is 4. The highest BCUT2D eigenvalue weighted by Crippen LogP contribution is 2.21. The van der Waals surface area contributed by atoms with Gasteiger partial charge >= 0.3 is 0 Å². The average molecular weight is 337 g/mol. The third kappa shape index (κ3) is 4.85. The molecule has 0 aliphatic carbocycles. The fraction of sp³-hybridized carbons (Fsp3) is 0.588. The molecule has 0 aromatic heterocycles. The first-order chi connectivity index (χ1) is 11.2. The van der Waals surface area contributed by atoms with E-state index in [1.807, 2.05) is 17.8 Å². The van der Waals surface area contributed by atoms with Crippen LogP contribution < -0.4 is 15.5 Å². The van der Waals surface area contributed by atoms with Gasteiger partial charge in [0.25, 0.3) is 0 Å². The van der Waals surface area contributed by atoms with Crippen molar-refractivity contribution in [2.45, 2.75) is 31.3 Å². The number of nitrogens with one attached hydrogen (secondary N) is 2. The molecule has 126 valence electrons. The molecular formula is C17H24FN3OS. The molecule has 4 nitrogen and oxygen atoms in total. The Morgan fingerprint density at radius 3 is 3.17 bits per heavy atom. The van der Waals surface area contributed by atoms with Gasteiger partial charge in [-0.1, -0.05) is 6.07 Å². The van der Waals surface area contributed by atoms with Crippen molar-refractivity contribution in [3.63, 3.8) is 0 Å². The Hall–Kier alpha value is -1.27. The molecule has 1 aromatic rings. The van der Waals surface area contributed by atoms with E-state index in [-0.39, 0.29) is 23.8 Å². The Morgan fingerprint density at radius 2 is 2.39 bits per heavy atom. The van der Waals surface area contributed by atoms with Crippen LogP contribution in [0.4, 0.5) is 10.1 Å². The lowest BCUT2D eigenvalue weighted by Gasteiger charge is -2.35. The zero-order valence-electron chi connectivity index (χ0n) is 13.3. The van der Waals surface area contributed by atoms with Gasteiger partial charge in [0.1, 0.15) is 5.82 Å². The molecule has 0 spiro atoms. The number of hydrogen-bond acceptors (Lipinski definition) is 4. The van der Waals surface area contributed by atoms with E-state index in [2.05, 4.69) is 15.5 Å². The topological polar surface area (TPSA) is 44.4 Å². The van der Waals surface area contributed by atoms with Gasteiger partial charge in [0.2, 0.25) is 5.91 Å². The van der Waals surface area contributed by atoms with Crippen LogP contribution in [-0.4, -0.2) is 49.1 Å². The smallest absolute Gasteiger partial charge is 0.221 e. The third-order valence-electron chi connectivity index (χ3n) is 4.39. The maximum absolute atomic E-state index is 13.4. The van der Waals surface area contributed by atoms with E-state index >= 15 is 0 Å². The van der Waals surface area contributed by atoms with Crippen molar-refractivity contribution in [1.82, 2.24) is 10.6 Å². The monoisotopic (exact) mass is 337 g/mol. The van der Waals surface area contributed by atoms with Gasteiger partial charge in [-0.05, 0) is 31.0 Å². The molecule has 2 aliphatic heterocycles. The number of carbonyl (C=O) groups is 1. The molecule has 3 rings (SSSR count). The van der Waals surface area contributed by atoms with Crippen LogP contribution in [0.5, 0.6) is 0 Å². The van der Waals surface area contributed by atoms with E-state index in [9.17, 15) is 9.18 Å². The van der Waals surface area contributed by atoms with Crippen LogP contribution in [0.25, 0.3) is 0 Å². The molecule has 2 aliphatic rings. The standard InChI is InChI=1S/C17H24FN3OS/c18-13-3-1-5-16(9-13)21-7-2-4-14(11-21)20-17(22)10-15-12-23-8-6-19-15/h1,3,5,9,14-15,19H,2,4,6-8,10-12H2,(H,20,22). The van der Waals surface area contributed by atoms with Crippen molar-refractivity contribution in [3.8, 4) is 0 Å². The molecule has 2 saturated heterocycles. The van der Waals surface area contributed by atoms with E-state index in [1.54, 1.807) is 12.1 Å². The lowest BCUT2D eigenvalue weighted by Crippen LogP contribution is -2.49. The molecule has 6 heteroatoms. The molecule has 2 heterocycles. The number of halogens is 1. The minimum atomic E-state index is -0.213. The summed E-state index contributed by atoms with van der Waals surface area (Å²) in [6, 6.07) is 7.12. The third-order valence-corrected chi connectivity index (χ3v) is 5.52. The second-order valence-corrected chi connectivity index (χ2v) is 7.41. The van der Waals surface area contributed by atoms with Crippen LogP contribution in [-0.2, 0) is 4.79 Å². The number of amides is 1. The Kier molecular flexibility index (Phi) is 5.78. The fourth-order valence-electron chi connectivity index (χ4n) is 3.26. The molecule has 2 unspecified atom stereocenters. The van der Waals surface area contributed by atoms with Crippen LogP contribution in [0.15, 0.2) is 24.3 Å². The van der Waals surface area contributed by atoms with Crippen molar-refractivity contribution in [3.05, 3.63) is 30.1 Å². The molecule has 2 N–H and O–H groups in total. The predicted octanol–water partition coefficient (Wildman–Crippen LogP) is 2.01. The van der Waals surface area contributed by atoms with Crippen molar-refractivity contribution < 1.29 is 9.18 Å². The van der Waals surface area contributed by atoms with Gasteiger partial charge in [-0.2, -0.15) is 11.8 Å². The highest BCUT2D eigenvalue weighted by molar-refractivity contribution is 7.99. The summed E-state index contributed by atoms with van der Waals surface area (Å²) in [5, 5.41) is 6.55. The van der Waals surface area contributed by atoms with Crippen LogP contribution in [0.1, 0.15) is 19.3 Å². The van der Waals surface area contributed by atoms with E-state index < -0.39 is 0 Å². The summed E-state index contributed by atoms with van der Waals surface area (Å²) in [7, 11) is 0. The summed E-state index contributed by atoms with van der Waals surface area (Å²) in [6.07, 6.45) is 2.55. The number of hydrogen-bond donors (Lipinski definition) is 2. The van der Waals surface area contributed by atoms with Crippen LogP contribution >= 0.6 is 11.8 Å². The molecular weight excluding hydrogens is 313 g/mol. The predicted molar refractivity (Wildman–Crippen MR) is 93.5 cm³/mol. The molecule has 1 aromatic carbocycles. The molecule has 1 amide bonds. The van der Waals surface area contributed by atoms with E-state index in [0.29, 0.717) is 6.42 Å². The van der Waals surface area contributed by atoms with Crippen LogP contribution in [0.3, 0.4) is 0 Å². The van der Waals surface area contributed by atoms with Crippen molar-refractivity contribution in [2.75, 3.05) is 36.0 Å². The molecule has 0 radical (unpaired) electrons. The maximum Gasteiger partial charge on any atom is 0.221 e. The number of carbonyl (C=O) groups excluding carboxylic acids is 1. The van der Waals surface area contributed by atoms with E-state index in [0.717, 1.165) is 49.7 Å². The number of nitrogens with zero attached hydrogens (tertiary/aromatic N) is 1. The Labute approximate surface area is 141 Å². The fourth-order valence-corrected chi connectivity index (χ4v) is 4.21. The van der Waals surface area contributed by atoms with Crippen LogP contribution in [0.2, 0.25) is 0 Å². The summed E-state index contributed by atoms with van der Waals surface area (Å²) in [4.78, 5) is 14.4. The minimum Gasteiger partial charge on any atom is -0.369 e. The SMILES string of the molecule is O=C(CC1CSCCN1)NC1CCCN(c2cccc(F)c2)C1. The molecule has 0 bridgehead atoms. The second-order valence-electron chi connectivity index (χ2n) is 6.26. The molecule has 0 saturated carbocycles. The van der Waals surface area contributed by atoms with Crippen molar-refractivity contribution in [1.29, 1.82) is 0 Å². The van der Waals surface area contributed by atoms with E-state index in [1.165, 1.54) is 6.07 Å². The van der Waals surface area contributed by atoms with Crippen LogP contribution in [0, 0.1) is 5.82 Å². The number of anilines is 1. The van der Waals surface area contributed by atoms with Gasteiger partial charge in [0.05, 0.1) is 0 Å². The summed E-state index contributed by atoms with van der Waals surface area (Å²) in [5.74, 6) is 2.04. The van der Waals surface area contributed by atoms with Gasteiger partial charge in [-0.25, -0.2) is 4.39 Å². The van der Waals surface area contributed by atoms with Gasteiger partial charge in [-0.15, -0.1) is 0 Å². The molecule has 2 atom stereocenters. The van der Waals surface area contributed by atoms with Crippen molar-refractivity contribution in [2.24, 2.45) is 0 Å². The lowest BCUT2D eigenvalue weighted by atomic mass is 10.0. The second kappa shape index (κ2) is 8.02. The quantitative estimate of drug-likeness (QED) is 0.882. The average Bonchev–Trinajstić information content (AvgIpc) is 2.56. The zero-order chi connectivity index (χ0) is 16.1. The largest absolute Gasteiger partial charge is 0.369 e. The first kappa shape index (κ1) is 16.6. The number of thioether (sulfide) groups is 1. The molecule has 2 fully saturated rings. The van der Waals surface area contributed by atoms with Crippen molar-refractivity contribution >= 4 is 23.4 Å². The Balaban J connectivity index is 1.51. The first-order valence-corrected chi connectivity index (χ1v) is 9.47. The summed E-state index contributed by atoms with van der Waals surface area (Å²) < 4.78 is 13.4. The van der Waals surface area contributed by atoms with Gasteiger partial charge in [0, 0.05) is 55.3 Å². The first-order valence-electron chi connectivity index (χ1n) is 8.32. The summed E-state index contributed by atoms with van der Waals surface area (Å²) in [5.41, 5.74) is 0.897. The Bertz CT molecular complexity index is 536. The minimum absolute atomic E-state index is 0.121. The molecule has 23 heavy (non-hydrogen) atoms. The highest BCUT2D eigenvalue weighted by atomic mass is 32.2. The summed E-state index contributed by atoms with van der Waals surface area (Å²) in [6.45, 7) is 2.65. The normalized spacial score (nSPS) is 25.2. The van der Waals surface area contributed by atoms with Gasteiger partial charge < -0.3 is 15.5 Å². The van der Waals surface area contributed by atoms with Gasteiger partial charge in [0.15, 0.2) is 0 Å². The number of piperidine rings is 1. The van der Waals surface area contributed by atoms with Gasteiger partial charge in [-0.3, -0.25) is 4.79 Å². The highest BCUT2D eigenvalue weighted by Gasteiger charge is 2.23. The maximum atomic E-state index is 13.4. The number of benzene rings is 1. The van der Waals surface area contributed by atoms with E-state index in [4.69, 9.17) is 0 Å². The Morgan fingerprint density at radius 1 is 1.48 bits per heavy atom. The lowest BCUT2D eigenvalue weighted by molar-refractivity contribution is -0.122. The zero-order valence-corrected chi connectivity index (χ0v) is 14.1.